The number of hydrogen-bond donors (Lipinski definition) is 3. The molecule has 0 saturated carbocycles. The first-order valence-electron chi connectivity index (χ1n) is 16.3. The van der Waals surface area contributed by atoms with Crippen molar-refractivity contribution in [1.82, 2.24) is 9.80 Å². The summed E-state index contributed by atoms with van der Waals surface area (Å²) in [4.78, 5) is 42.6. The van der Waals surface area contributed by atoms with Gasteiger partial charge in [-0.15, -0.1) is 0 Å². The third kappa shape index (κ3) is 10.1. The summed E-state index contributed by atoms with van der Waals surface area (Å²) in [5, 5.41) is 21.0. The smallest absolute Gasteiger partial charge is 0.338 e. The quantitative estimate of drug-likeness (QED) is 0.117. The molecule has 276 valence electrons. The topological polar surface area (TPSA) is 147 Å². The zero-order chi connectivity index (χ0) is 37.2. The number of aliphatic hydroxyl groups is 2. The predicted octanol–water partition coefficient (Wildman–Crippen LogP) is 4.09. The van der Waals surface area contributed by atoms with Gasteiger partial charge in [0.05, 0.1) is 43.1 Å². The van der Waals surface area contributed by atoms with E-state index < -0.39 is 48.7 Å². The number of morpholine rings is 1. The van der Waals surface area contributed by atoms with Gasteiger partial charge < -0.3 is 34.5 Å². The number of aliphatic hydroxyl groups excluding tert-OH is 2. The molecule has 52 heavy (non-hydrogen) atoms. The number of nitrogens with zero attached hydrogens (tertiary/aromatic N) is 2. The number of amides is 2. The van der Waals surface area contributed by atoms with Crippen molar-refractivity contribution >= 4 is 57.8 Å². The predicted molar refractivity (Wildman–Crippen MR) is 194 cm³/mol. The lowest BCUT2D eigenvalue weighted by atomic mass is 10.0. The van der Waals surface area contributed by atoms with Crippen molar-refractivity contribution in [2.45, 2.75) is 12.5 Å². The molecule has 5 rings (SSSR count). The summed E-state index contributed by atoms with van der Waals surface area (Å²) in [6.07, 6.45) is 0.306. The molecular weight excluding hydrogens is 721 g/mol. The van der Waals surface area contributed by atoms with Crippen LogP contribution in [0.25, 0.3) is 17.2 Å². The van der Waals surface area contributed by atoms with Gasteiger partial charge in [0, 0.05) is 38.2 Å². The minimum Gasteiger partial charge on any atom is -0.495 e. The molecule has 1 atom stereocenters. The molecule has 0 bridgehead atoms. The van der Waals surface area contributed by atoms with Gasteiger partial charge in [0.15, 0.2) is 11.6 Å². The number of carbonyl (C=O) groups excluding carboxylic acids is 3. The largest absolute Gasteiger partial charge is 0.495 e. The molecule has 2 fully saturated rings. The average Bonchev–Trinajstić information content (AvgIpc) is 3.42. The van der Waals surface area contributed by atoms with E-state index in [1.165, 1.54) is 36.3 Å². The number of methoxy groups -OCH3 is 1. The summed E-state index contributed by atoms with van der Waals surface area (Å²) in [7, 11) is 1.36. The summed E-state index contributed by atoms with van der Waals surface area (Å²) in [6.45, 7) is 2.94. The minimum absolute atomic E-state index is 0.0223. The van der Waals surface area contributed by atoms with E-state index in [2.05, 4.69) is 10.2 Å². The average molecular weight is 758 g/mol. The molecule has 2 amide bonds. The Labute approximate surface area is 308 Å². The van der Waals surface area contributed by atoms with Crippen LogP contribution in [0.15, 0.2) is 59.5 Å². The third-order valence-corrected chi connectivity index (χ3v) is 9.46. The first kappa shape index (κ1) is 38.8. The summed E-state index contributed by atoms with van der Waals surface area (Å²) in [5.41, 5.74) is 1.93. The Morgan fingerprint density at radius 1 is 1.04 bits per heavy atom. The van der Waals surface area contributed by atoms with Crippen molar-refractivity contribution in [3.63, 3.8) is 0 Å². The van der Waals surface area contributed by atoms with Gasteiger partial charge in [-0.25, -0.2) is 13.6 Å². The maximum atomic E-state index is 14.1. The van der Waals surface area contributed by atoms with Crippen molar-refractivity contribution in [2.75, 3.05) is 71.6 Å². The SMILES string of the molecule is COc1cc(C(=O)OCC(O)CO)ccc1NC(=O)CCN1C(=O)/C(=C/c2cc(-c3ccc(F)c(F)c3)ccc2OCCN2CCOCC2)SC1=S. The van der Waals surface area contributed by atoms with Gasteiger partial charge in [0.25, 0.3) is 5.91 Å². The second-order valence-corrected chi connectivity index (χ2v) is 13.3. The molecule has 0 radical (unpaired) electrons. The van der Waals surface area contributed by atoms with E-state index >= 15 is 0 Å². The van der Waals surface area contributed by atoms with Crippen LogP contribution in [0.3, 0.4) is 0 Å². The zero-order valence-corrected chi connectivity index (χ0v) is 29.8. The van der Waals surface area contributed by atoms with Crippen molar-refractivity contribution in [3.05, 3.63) is 82.3 Å². The highest BCUT2D eigenvalue weighted by Gasteiger charge is 2.32. The molecule has 16 heteroatoms. The van der Waals surface area contributed by atoms with E-state index in [1.807, 2.05) is 0 Å². The highest BCUT2D eigenvalue weighted by atomic mass is 32.2. The van der Waals surface area contributed by atoms with Crippen LogP contribution < -0.4 is 14.8 Å². The second kappa shape index (κ2) is 18.3. The van der Waals surface area contributed by atoms with Gasteiger partial charge in [-0.2, -0.15) is 0 Å². The standard InChI is InChI=1S/C36H37F2N3O9S2/c1-47-31-18-24(35(46)50-21-26(43)20-42)3-6-29(31)39-33(44)8-9-41-34(45)32(52-36(41)51)19-25-16-22(23-2-5-27(37)28(38)17-23)4-7-30(25)49-15-12-40-10-13-48-14-11-40/h2-7,16-19,26,42-43H,8-15,20-21H2,1H3,(H,39,44)/b32-19-. The summed E-state index contributed by atoms with van der Waals surface area (Å²) < 4.78 is 49.8. The normalized spacial score (nSPS) is 16.2. The maximum Gasteiger partial charge on any atom is 0.338 e. The molecule has 1 unspecified atom stereocenters. The number of benzene rings is 3. The molecular formula is C36H37F2N3O9S2. The van der Waals surface area contributed by atoms with E-state index in [4.69, 9.17) is 36.3 Å². The lowest BCUT2D eigenvalue weighted by Gasteiger charge is -2.26. The number of nitrogens with one attached hydrogen (secondary N) is 1. The number of esters is 1. The molecule has 2 aliphatic rings. The minimum atomic E-state index is -1.21. The lowest BCUT2D eigenvalue weighted by Crippen LogP contribution is -2.38. The molecule has 2 heterocycles. The second-order valence-electron chi connectivity index (χ2n) is 11.7. The van der Waals surface area contributed by atoms with Gasteiger partial charge in [-0.05, 0) is 59.7 Å². The number of carbonyl (C=O) groups is 3. The number of thioether (sulfide) groups is 1. The summed E-state index contributed by atoms with van der Waals surface area (Å²) >= 11 is 6.57. The fourth-order valence-corrected chi connectivity index (χ4v) is 6.55. The molecule has 3 aromatic rings. The fourth-order valence-electron chi connectivity index (χ4n) is 5.25. The maximum absolute atomic E-state index is 14.1. The van der Waals surface area contributed by atoms with Gasteiger partial charge in [0.1, 0.15) is 35.1 Å². The first-order chi connectivity index (χ1) is 25.1. The van der Waals surface area contributed by atoms with Crippen LogP contribution in [0.2, 0.25) is 0 Å². The van der Waals surface area contributed by atoms with Crippen LogP contribution in [0.1, 0.15) is 22.3 Å². The Morgan fingerprint density at radius 3 is 2.52 bits per heavy atom. The molecule has 0 spiro atoms. The van der Waals surface area contributed by atoms with Gasteiger partial charge in [-0.3, -0.25) is 19.4 Å². The van der Waals surface area contributed by atoms with Crippen LogP contribution >= 0.6 is 24.0 Å². The number of anilines is 1. The summed E-state index contributed by atoms with van der Waals surface area (Å²) in [5.74, 6) is -2.90. The van der Waals surface area contributed by atoms with Gasteiger partial charge in [0.2, 0.25) is 5.91 Å². The Morgan fingerprint density at radius 2 is 1.79 bits per heavy atom. The highest BCUT2D eigenvalue weighted by molar-refractivity contribution is 8.26. The van der Waals surface area contributed by atoms with E-state index in [9.17, 15) is 28.3 Å². The molecule has 2 aliphatic heterocycles. The number of hydrogen-bond acceptors (Lipinski definition) is 12. The Kier molecular flexibility index (Phi) is 13.7. The number of rotatable bonds is 15. The Balaban J connectivity index is 1.26. The summed E-state index contributed by atoms with van der Waals surface area (Å²) in [6, 6.07) is 13.0. The van der Waals surface area contributed by atoms with Gasteiger partial charge in [-0.1, -0.05) is 36.1 Å². The van der Waals surface area contributed by atoms with Crippen LogP contribution in [0, 0.1) is 11.6 Å². The third-order valence-electron chi connectivity index (χ3n) is 8.08. The van der Waals surface area contributed by atoms with Crippen molar-refractivity contribution in [2.24, 2.45) is 0 Å². The Hall–Kier alpha value is -4.45. The van der Waals surface area contributed by atoms with E-state index in [0.29, 0.717) is 53.7 Å². The molecule has 2 saturated heterocycles. The van der Waals surface area contributed by atoms with Crippen molar-refractivity contribution in [1.29, 1.82) is 0 Å². The number of ether oxygens (including phenoxy) is 4. The number of thiocarbonyl (C=S) groups is 1. The van der Waals surface area contributed by atoms with Crippen LogP contribution in [0.4, 0.5) is 14.5 Å². The fraction of sp³-hybridized carbons (Fsp3) is 0.333. The highest BCUT2D eigenvalue weighted by Crippen LogP contribution is 2.36. The van der Waals surface area contributed by atoms with Crippen LogP contribution in [-0.4, -0.2) is 115 Å². The molecule has 3 aromatic carbocycles. The van der Waals surface area contributed by atoms with Crippen LogP contribution in [0.5, 0.6) is 11.5 Å². The zero-order valence-electron chi connectivity index (χ0n) is 28.1. The number of halogens is 2. The molecule has 0 aliphatic carbocycles. The van der Waals surface area contributed by atoms with Crippen LogP contribution in [-0.2, 0) is 19.1 Å². The lowest BCUT2D eigenvalue weighted by molar-refractivity contribution is -0.122. The molecule has 12 nitrogen and oxygen atoms in total. The van der Waals surface area contributed by atoms with Crippen molar-refractivity contribution < 1.29 is 52.3 Å². The van der Waals surface area contributed by atoms with Crippen molar-refractivity contribution in [3.8, 4) is 22.6 Å². The van der Waals surface area contributed by atoms with E-state index in [1.54, 1.807) is 24.3 Å². The monoisotopic (exact) mass is 757 g/mol. The van der Waals surface area contributed by atoms with E-state index in [0.717, 1.165) is 37.0 Å². The first-order valence-corrected chi connectivity index (χ1v) is 17.5. The molecule has 3 N–H and O–H groups in total. The molecule has 0 aromatic heterocycles. The van der Waals surface area contributed by atoms with E-state index in [-0.39, 0.29) is 34.3 Å². The van der Waals surface area contributed by atoms with Gasteiger partial charge >= 0.3 is 5.97 Å². The Bertz CT molecular complexity index is 1840.